The molecule has 3 aromatic rings. The molecule has 0 unspecified atom stereocenters. The van der Waals surface area contributed by atoms with E-state index in [0.717, 1.165) is 15.9 Å². The fourth-order valence-corrected chi connectivity index (χ4v) is 3.38. The van der Waals surface area contributed by atoms with Gasteiger partial charge in [-0.15, -0.1) is 0 Å². The zero-order valence-electron chi connectivity index (χ0n) is 13.3. The molecule has 0 bridgehead atoms. The molecule has 3 rings (SSSR count). The molecule has 0 saturated heterocycles. The molecule has 0 amide bonds. The van der Waals surface area contributed by atoms with E-state index in [2.05, 4.69) is 25.9 Å². The van der Waals surface area contributed by atoms with E-state index in [1.54, 1.807) is 23.9 Å². The summed E-state index contributed by atoms with van der Waals surface area (Å²) in [5, 5.41) is 13.6. The second-order valence-electron chi connectivity index (χ2n) is 5.37. The SMILES string of the molecule is COc1c(C)c(Br)[n+]([O-])c(Cn2ccc3c(Cl)nc(N)nc32)c1C. The van der Waals surface area contributed by atoms with E-state index in [0.29, 0.717) is 33.6 Å². The number of nitrogens with two attached hydrogens (primary N) is 1. The summed E-state index contributed by atoms with van der Waals surface area (Å²) in [6.45, 7) is 3.97. The first-order chi connectivity index (χ1) is 11.3. The van der Waals surface area contributed by atoms with Gasteiger partial charge in [-0.3, -0.25) is 0 Å². The van der Waals surface area contributed by atoms with Crippen LogP contribution in [0.5, 0.6) is 5.75 Å². The molecule has 0 aromatic carbocycles. The number of hydrogen-bond donors (Lipinski definition) is 1. The van der Waals surface area contributed by atoms with Crippen LogP contribution in [0.4, 0.5) is 5.95 Å². The molecular weight excluding hydrogens is 398 g/mol. The number of ether oxygens (including phenoxy) is 1. The van der Waals surface area contributed by atoms with Crippen LogP contribution < -0.4 is 15.2 Å². The van der Waals surface area contributed by atoms with Crippen molar-refractivity contribution < 1.29 is 9.47 Å². The number of anilines is 1. The summed E-state index contributed by atoms with van der Waals surface area (Å²) in [7, 11) is 1.58. The van der Waals surface area contributed by atoms with Gasteiger partial charge >= 0.3 is 0 Å². The van der Waals surface area contributed by atoms with Crippen molar-refractivity contribution in [2.75, 3.05) is 12.8 Å². The summed E-state index contributed by atoms with van der Waals surface area (Å²) in [5.41, 5.74) is 8.31. The molecule has 0 aliphatic carbocycles. The zero-order chi connectivity index (χ0) is 17.6. The first kappa shape index (κ1) is 16.8. The minimum absolute atomic E-state index is 0.0850. The average Bonchev–Trinajstić information content (AvgIpc) is 2.93. The Balaban J connectivity index is 2.18. The average molecular weight is 413 g/mol. The van der Waals surface area contributed by atoms with Crippen molar-refractivity contribution in [2.24, 2.45) is 0 Å². The summed E-state index contributed by atoms with van der Waals surface area (Å²) in [6, 6.07) is 1.79. The standard InChI is InChI=1S/C15H15BrClN5O2/c1-7-10(22(23)12(16)8(2)11(7)24-3)6-21-5-4-9-13(17)19-15(18)20-14(9)21/h4-5H,6H2,1-3H3,(H2,18,19,20). The number of rotatable bonds is 3. The number of fused-ring (bicyclic) bond motifs is 1. The molecule has 126 valence electrons. The van der Waals surface area contributed by atoms with Crippen molar-refractivity contribution >= 4 is 44.5 Å². The highest BCUT2D eigenvalue weighted by Crippen LogP contribution is 2.30. The summed E-state index contributed by atoms with van der Waals surface area (Å²) < 4.78 is 8.51. The topological polar surface area (TPSA) is 92.9 Å². The van der Waals surface area contributed by atoms with Crippen molar-refractivity contribution in [3.63, 3.8) is 0 Å². The lowest BCUT2D eigenvalue weighted by atomic mass is 10.1. The van der Waals surface area contributed by atoms with Crippen molar-refractivity contribution in [3.8, 4) is 5.75 Å². The van der Waals surface area contributed by atoms with Gasteiger partial charge in [-0.25, -0.2) is 4.98 Å². The van der Waals surface area contributed by atoms with E-state index in [1.165, 1.54) is 0 Å². The number of hydrogen-bond acceptors (Lipinski definition) is 5. The molecule has 0 radical (unpaired) electrons. The fraction of sp³-hybridized carbons (Fsp3) is 0.267. The summed E-state index contributed by atoms with van der Waals surface area (Å²) in [4.78, 5) is 8.16. The quantitative estimate of drug-likeness (QED) is 0.309. The minimum atomic E-state index is 0.0850. The summed E-state index contributed by atoms with van der Waals surface area (Å²) >= 11 is 9.42. The Morgan fingerprint density at radius 2 is 2.08 bits per heavy atom. The molecule has 0 spiro atoms. The van der Waals surface area contributed by atoms with Crippen LogP contribution in [0.3, 0.4) is 0 Å². The van der Waals surface area contributed by atoms with Gasteiger partial charge in [0.2, 0.25) is 11.6 Å². The predicted octanol–water partition coefficient (Wildman–Crippen LogP) is 2.74. The highest BCUT2D eigenvalue weighted by atomic mass is 79.9. The van der Waals surface area contributed by atoms with E-state index in [9.17, 15) is 5.21 Å². The number of methoxy groups -OCH3 is 1. The van der Waals surface area contributed by atoms with Gasteiger partial charge < -0.3 is 20.2 Å². The molecule has 0 saturated carbocycles. The van der Waals surface area contributed by atoms with Gasteiger partial charge in [0.05, 0.1) is 23.6 Å². The van der Waals surface area contributed by atoms with Crippen LogP contribution in [0.25, 0.3) is 11.0 Å². The molecule has 0 aliphatic rings. The van der Waals surface area contributed by atoms with Crippen molar-refractivity contribution in [2.45, 2.75) is 20.4 Å². The van der Waals surface area contributed by atoms with Gasteiger partial charge in [-0.2, -0.15) is 9.71 Å². The van der Waals surface area contributed by atoms with Crippen LogP contribution in [-0.4, -0.2) is 21.6 Å². The van der Waals surface area contributed by atoms with E-state index in [-0.39, 0.29) is 11.1 Å². The number of aromatic nitrogens is 4. The summed E-state index contributed by atoms with van der Waals surface area (Å²) in [6.07, 6.45) is 1.80. The molecule has 0 aliphatic heterocycles. The lowest BCUT2D eigenvalue weighted by molar-refractivity contribution is -0.626. The Labute approximate surface area is 151 Å². The highest BCUT2D eigenvalue weighted by Gasteiger charge is 2.24. The van der Waals surface area contributed by atoms with Gasteiger partial charge in [-0.05, 0) is 19.9 Å². The number of halogens is 2. The number of nitrogens with zero attached hydrogens (tertiary/aromatic N) is 4. The van der Waals surface area contributed by atoms with Crippen molar-refractivity contribution in [1.82, 2.24) is 14.5 Å². The number of nitrogen functional groups attached to an aromatic ring is 1. The molecule has 3 aromatic heterocycles. The van der Waals surface area contributed by atoms with Gasteiger partial charge in [0.25, 0.3) is 4.60 Å². The molecule has 0 atom stereocenters. The molecule has 3 heterocycles. The Hall–Kier alpha value is -2.06. The van der Waals surface area contributed by atoms with E-state index in [4.69, 9.17) is 22.1 Å². The second kappa shape index (κ2) is 6.10. The number of pyridine rings is 1. The van der Waals surface area contributed by atoms with Crippen LogP contribution in [0.2, 0.25) is 5.15 Å². The first-order valence-corrected chi connectivity index (χ1v) is 8.25. The second-order valence-corrected chi connectivity index (χ2v) is 6.48. The third-order valence-corrected chi connectivity index (χ3v) is 5.17. The lowest BCUT2D eigenvalue weighted by Crippen LogP contribution is -2.37. The first-order valence-electron chi connectivity index (χ1n) is 7.08. The van der Waals surface area contributed by atoms with E-state index >= 15 is 0 Å². The van der Waals surface area contributed by atoms with Crippen LogP contribution >= 0.6 is 27.5 Å². The molecule has 24 heavy (non-hydrogen) atoms. The highest BCUT2D eigenvalue weighted by molar-refractivity contribution is 9.10. The maximum absolute atomic E-state index is 12.6. The van der Waals surface area contributed by atoms with Gasteiger partial charge in [0.15, 0.2) is 0 Å². The van der Waals surface area contributed by atoms with Gasteiger partial charge in [-0.1, -0.05) is 11.6 Å². The van der Waals surface area contributed by atoms with Crippen LogP contribution in [0.15, 0.2) is 16.9 Å². The Kier molecular flexibility index (Phi) is 4.27. The third-order valence-electron chi connectivity index (χ3n) is 3.96. The summed E-state index contributed by atoms with van der Waals surface area (Å²) in [5.74, 6) is 0.759. The molecular formula is C15H15BrClN5O2. The van der Waals surface area contributed by atoms with E-state index < -0.39 is 0 Å². The molecule has 0 fully saturated rings. The maximum atomic E-state index is 12.6. The van der Waals surface area contributed by atoms with Gasteiger partial charge in [0.1, 0.15) is 23.1 Å². The smallest absolute Gasteiger partial charge is 0.266 e. The fourth-order valence-electron chi connectivity index (χ4n) is 2.75. The zero-order valence-corrected chi connectivity index (χ0v) is 15.6. The van der Waals surface area contributed by atoms with Crippen molar-refractivity contribution in [1.29, 1.82) is 0 Å². The molecule has 7 nitrogen and oxygen atoms in total. The Morgan fingerprint density at radius 1 is 1.38 bits per heavy atom. The normalized spacial score (nSPS) is 11.2. The van der Waals surface area contributed by atoms with Crippen LogP contribution in [-0.2, 0) is 6.54 Å². The van der Waals surface area contributed by atoms with Gasteiger partial charge in [0, 0.05) is 22.1 Å². The Bertz CT molecular complexity index is 957. The Morgan fingerprint density at radius 3 is 2.75 bits per heavy atom. The van der Waals surface area contributed by atoms with Crippen LogP contribution in [0.1, 0.15) is 16.8 Å². The predicted molar refractivity (Wildman–Crippen MR) is 95.2 cm³/mol. The van der Waals surface area contributed by atoms with Crippen molar-refractivity contribution in [3.05, 3.63) is 44.0 Å². The van der Waals surface area contributed by atoms with E-state index in [1.807, 2.05) is 13.8 Å². The molecule has 2 N–H and O–H groups in total. The largest absolute Gasteiger partial charge is 0.618 e. The third kappa shape index (κ3) is 2.55. The van der Waals surface area contributed by atoms with Crippen LogP contribution in [0, 0.1) is 19.1 Å². The minimum Gasteiger partial charge on any atom is -0.618 e. The molecule has 9 heteroatoms. The maximum Gasteiger partial charge on any atom is 0.266 e. The lowest BCUT2D eigenvalue weighted by Gasteiger charge is -2.16. The monoisotopic (exact) mass is 411 g/mol.